The van der Waals surface area contributed by atoms with Crippen LogP contribution in [-0.2, 0) is 19.1 Å². The number of hydrogen-bond acceptors (Lipinski definition) is 6. The number of ether oxygens (including phenoxy) is 2. The van der Waals surface area contributed by atoms with E-state index in [1.165, 1.54) is 32.1 Å². The van der Waals surface area contributed by atoms with Crippen LogP contribution in [0.4, 0.5) is 0 Å². The summed E-state index contributed by atoms with van der Waals surface area (Å²) in [5, 5.41) is 19.7. The summed E-state index contributed by atoms with van der Waals surface area (Å²) in [4.78, 5) is 23.7. The van der Waals surface area contributed by atoms with Crippen LogP contribution < -0.4 is 0 Å². The molecule has 42 heavy (non-hydrogen) atoms. The molecule has 242 valence electrons. The van der Waals surface area contributed by atoms with Gasteiger partial charge >= 0.3 is 11.9 Å². The van der Waals surface area contributed by atoms with Crippen LogP contribution in [0.2, 0.25) is 0 Å². The molecule has 0 aromatic heterocycles. The standard InChI is InChI=1S/C36H62O6/c1-4-5-26-33(37)27-22-18-14-10-8-6-7-9-11-15-19-23-28-35(39)41-30-34(38)31-42-36(40)29-24-20-16-12-13-17-21-25-32(2)3/h6-7,10-11,14-15,22,27,32-34,37-38H,4-5,8-9,12-13,16-21,23-26,28-31H2,1-3H3/b7-6-,14-10-,15-11-,27-22-/t33-,34-/m0/s1. The van der Waals surface area contributed by atoms with Gasteiger partial charge in [-0.15, -0.1) is 0 Å². The van der Waals surface area contributed by atoms with Gasteiger partial charge in [-0.1, -0.05) is 127 Å². The molecule has 0 unspecified atom stereocenters. The largest absolute Gasteiger partial charge is 0.463 e. The average molecular weight is 591 g/mol. The minimum atomic E-state index is -0.995. The number of rotatable bonds is 28. The van der Waals surface area contributed by atoms with E-state index < -0.39 is 6.10 Å². The minimum Gasteiger partial charge on any atom is -0.463 e. The van der Waals surface area contributed by atoms with Crippen molar-refractivity contribution in [2.75, 3.05) is 13.2 Å². The van der Waals surface area contributed by atoms with E-state index >= 15 is 0 Å². The summed E-state index contributed by atoms with van der Waals surface area (Å²) in [6.45, 7) is 6.35. The van der Waals surface area contributed by atoms with E-state index in [1.54, 1.807) is 0 Å². The van der Waals surface area contributed by atoms with Crippen LogP contribution in [0.5, 0.6) is 0 Å². The van der Waals surface area contributed by atoms with Gasteiger partial charge in [0, 0.05) is 12.8 Å². The van der Waals surface area contributed by atoms with E-state index in [-0.39, 0.29) is 31.3 Å². The third kappa shape index (κ3) is 30.8. The zero-order valence-electron chi connectivity index (χ0n) is 27.0. The first-order valence-electron chi connectivity index (χ1n) is 16.6. The van der Waals surface area contributed by atoms with Gasteiger partial charge in [-0.25, -0.2) is 0 Å². The first-order valence-corrected chi connectivity index (χ1v) is 16.6. The molecule has 2 N–H and O–H groups in total. The summed E-state index contributed by atoms with van der Waals surface area (Å²) < 4.78 is 10.2. The Morgan fingerprint density at radius 2 is 1.12 bits per heavy atom. The lowest BCUT2D eigenvalue weighted by Gasteiger charge is -2.12. The fourth-order valence-electron chi connectivity index (χ4n) is 4.22. The fraction of sp³-hybridized carbons (Fsp3) is 0.722. The predicted octanol–water partition coefficient (Wildman–Crippen LogP) is 8.72. The molecule has 0 amide bonds. The Kier molecular flexibility index (Phi) is 28.7. The molecule has 0 aliphatic heterocycles. The molecule has 0 aliphatic rings. The lowest BCUT2D eigenvalue weighted by atomic mass is 10.0. The maximum atomic E-state index is 11.9. The number of aliphatic hydroxyl groups is 2. The Balaban J connectivity index is 3.63. The van der Waals surface area contributed by atoms with Gasteiger partial charge in [-0.05, 0) is 50.9 Å². The smallest absolute Gasteiger partial charge is 0.305 e. The number of esters is 2. The lowest BCUT2D eigenvalue weighted by molar-refractivity contribution is -0.152. The van der Waals surface area contributed by atoms with Crippen molar-refractivity contribution in [1.82, 2.24) is 0 Å². The highest BCUT2D eigenvalue weighted by Gasteiger charge is 2.12. The number of hydrogen-bond donors (Lipinski definition) is 2. The maximum absolute atomic E-state index is 11.9. The molecule has 0 spiro atoms. The van der Waals surface area contributed by atoms with E-state index in [1.807, 2.05) is 12.2 Å². The van der Waals surface area contributed by atoms with Gasteiger partial charge in [0.05, 0.1) is 6.10 Å². The molecule has 0 aliphatic carbocycles. The zero-order chi connectivity index (χ0) is 31.1. The molecule has 6 heteroatoms. The topological polar surface area (TPSA) is 93.1 Å². The van der Waals surface area contributed by atoms with Crippen molar-refractivity contribution in [2.24, 2.45) is 5.92 Å². The summed E-state index contributed by atoms with van der Waals surface area (Å²) in [5.74, 6) is 0.127. The highest BCUT2D eigenvalue weighted by molar-refractivity contribution is 5.69. The SMILES string of the molecule is CCCC[C@H](O)/C=C\C/C=C\C/C=C\C/C=C\CCCC(=O)OC[C@H](O)COC(=O)CCCCCCCCCC(C)C. The molecule has 0 radical (unpaired) electrons. The number of aliphatic hydroxyl groups excluding tert-OH is 2. The number of carbonyl (C=O) groups excluding carboxylic acids is 2. The molecule has 0 saturated carbocycles. The second-order valence-corrected chi connectivity index (χ2v) is 11.6. The van der Waals surface area contributed by atoms with Gasteiger partial charge in [0.25, 0.3) is 0 Å². The van der Waals surface area contributed by atoms with Gasteiger partial charge in [-0.3, -0.25) is 9.59 Å². The van der Waals surface area contributed by atoms with Gasteiger partial charge in [0.15, 0.2) is 0 Å². The van der Waals surface area contributed by atoms with Crippen molar-refractivity contribution in [3.05, 3.63) is 48.6 Å². The summed E-state index contributed by atoms with van der Waals surface area (Å²) in [6.07, 6.45) is 32.2. The van der Waals surface area contributed by atoms with Gasteiger partial charge in [0.1, 0.15) is 19.3 Å². The molecular formula is C36H62O6. The van der Waals surface area contributed by atoms with Crippen LogP contribution in [0.15, 0.2) is 48.6 Å². The number of unbranched alkanes of at least 4 members (excludes halogenated alkanes) is 8. The molecular weight excluding hydrogens is 528 g/mol. The molecule has 0 bridgehead atoms. The molecule has 2 atom stereocenters. The lowest BCUT2D eigenvalue weighted by Crippen LogP contribution is -2.25. The molecule has 0 fully saturated rings. The summed E-state index contributed by atoms with van der Waals surface area (Å²) in [5.41, 5.74) is 0. The van der Waals surface area contributed by atoms with E-state index in [0.717, 1.165) is 70.1 Å². The minimum absolute atomic E-state index is 0.145. The van der Waals surface area contributed by atoms with Gasteiger partial charge in [0.2, 0.25) is 0 Å². The van der Waals surface area contributed by atoms with E-state index in [2.05, 4.69) is 57.2 Å². The first kappa shape index (κ1) is 39.8. The normalized spacial score (nSPS) is 13.7. The van der Waals surface area contributed by atoms with Crippen molar-refractivity contribution < 1.29 is 29.3 Å². The average Bonchev–Trinajstić information content (AvgIpc) is 2.96. The van der Waals surface area contributed by atoms with Crippen molar-refractivity contribution in [1.29, 1.82) is 0 Å². The van der Waals surface area contributed by atoms with Crippen LogP contribution in [-0.4, -0.2) is 47.6 Å². The molecule has 0 heterocycles. The van der Waals surface area contributed by atoms with Crippen molar-refractivity contribution in [3.8, 4) is 0 Å². The van der Waals surface area contributed by atoms with Gasteiger partial charge < -0.3 is 19.7 Å². The highest BCUT2D eigenvalue weighted by Crippen LogP contribution is 2.13. The van der Waals surface area contributed by atoms with E-state index in [4.69, 9.17) is 9.47 Å². The quantitative estimate of drug-likeness (QED) is 0.0538. The Morgan fingerprint density at radius 1 is 0.619 bits per heavy atom. The number of carbonyl (C=O) groups is 2. The van der Waals surface area contributed by atoms with Crippen LogP contribution in [0, 0.1) is 5.92 Å². The summed E-state index contributed by atoms with van der Waals surface area (Å²) in [6, 6.07) is 0. The third-order valence-electron chi connectivity index (χ3n) is 6.82. The third-order valence-corrected chi connectivity index (χ3v) is 6.82. The summed E-state index contributed by atoms with van der Waals surface area (Å²) in [7, 11) is 0. The predicted molar refractivity (Wildman–Crippen MR) is 174 cm³/mol. The Labute approximate surface area is 257 Å². The first-order chi connectivity index (χ1) is 20.3. The van der Waals surface area contributed by atoms with Crippen LogP contribution in [0.3, 0.4) is 0 Å². The Morgan fingerprint density at radius 3 is 1.69 bits per heavy atom. The molecule has 6 nitrogen and oxygen atoms in total. The molecule has 0 aromatic carbocycles. The van der Waals surface area contributed by atoms with E-state index in [9.17, 15) is 19.8 Å². The van der Waals surface area contributed by atoms with Crippen molar-refractivity contribution >= 4 is 11.9 Å². The second-order valence-electron chi connectivity index (χ2n) is 11.6. The second kappa shape index (κ2) is 30.3. The Hall–Kier alpha value is -2.18. The molecule has 0 rings (SSSR count). The summed E-state index contributed by atoms with van der Waals surface area (Å²) >= 11 is 0. The van der Waals surface area contributed by atoms with Crippen LogP contribution >= 0.6 is 0 Å². The zero-order valence-corrected chi connectivity index (χ0v) is 27.0. The molecule has 0 aromatic rings. The fourth-order valence-corrected chi connectivity index (χ4v) is 4.22. The van der Waals surface area contributed by atoms with Crippen molar-refractivity contribution in [3.63, 3.8) is 0 Å². The monoisotopic (exact) mass is 590 g/mol. The highest BCUT2D eigenvalue weighted by atomic mass is 16.6. The van der Waals surface area contributed by atoms with E-state index in [0.29, 0.717) is 19.3 Å². The molecule has 0 saturated heterocycles. The Bertz CT molecular complexity index is 752. The number of allylic oxidation sites excluding steroid dienone is 7. The van der Waals surface area contributed by atoms with Gasteiger partial charge in [-0.2, -0.15) is 0 Å². The maximum Gasteiger partial charge on any atom is 0.305 e. The van der Waals surface area contributed by atoms with Crippen molar-refractivity contribution in [2.45, 2.75) is 149 Å². The van der Waals surface area contributed by atoms with Crippen LogP contribution in [0.25, 0.3) is 0 Å². The van der Waals surface area contributed by atoms with Crippen LogP contribution in [0.1, 0.15) is 136 Å².